The van der Waals surface area contributed by atoms with Crippen molar-refractivity contribution in [3.05, 3.63) is 34.9 Å². The summed E-state index contributed by atoms with van der Waals surface area (Å²) in [6.07, 6.45) is 17.6. The fraction of sp³-hybridized carbons (Fsp3) is 0.692. The van der Waals surface area contributed by atoms with E-state index in [0.717, 1.165) is 38.5 Å². The van der Waals surface area contributed by atoms with Gasteiger partial charge in [0.25, 0.3) is 0 Å². The van der Waals surface area contributed by atoms with Gasteiger partial charge in [0.15, 0.2) is 0 Å². The van der Waals surface area contributed by atoms with Gasteiger partial charge in [-0.2, -0.15) is 0 Å². The number of hydrogen-bond acceptors (Lipinski definition) is 2. The molecule has 170 valence electrons. The normalized spacial score (nSPS) is 12.1. The van der Waals surface area contributed by atoms with Crippen LogP contribution in [0.2, 0.25) is 0 Å². The fourth-order valence-corrected chi connectivity index (χ4v) is 4.30. The van der Waals surface area contributed by atoms with E-state index in [4.69, 9.17) is 0 Å². The van der Waals surface area contributed by atoms with Crippen LogP contribution >= 0.6 is 0 Å². The molecular formula is C26H42O4. The molecule has 1 aromatic carbocycles. The molecule has 0 saturated carbocycles. The van der Waals surface area contributed by atoms with Gasteiger partial charge < -0.3 is 10.2 Å². The standard InChI is InChI=1S/C26H42O4/c1-3-5-7-9-11-13-15-18-21(17-14-12-10-8-6-4-2)22-19-16-20-23(25(27)28)24(22)26(29)30/h16,19-21H,3-15,17-18H2,1-2H3,(H,27,28)(H,29,30). The number of benzene rings is 1. The lowest BCUT2D eigenvalue weighted by molar-refractivity contribution is 0.0650. The summed E-state index contributed by atoms with van der Waals surface area (Å²) >= 11 is 0. The third-order valence-electron chi connectivity index (χ3n) is 6.04. The Morgan fingerprint density at radius 3 is 1.60 bits per heavy atom. The van der Waals surface area contributed by atoms with Crippen molar-refractivity contribution in [3.63, 3.8) is 0 Å². The van der Waals surface area contributed by atoms with Crippen LogP contribution in [0.15, 0.2) is 18.2 Å². The third-order valence-corrected chi connectivity index (χ3v) is 6.04. The molecular weight excluding hydrogens is 376 g/mol. The maximum atomic E-state index is 11.9. The lowest BCUT2D eigenvalue weighted by Gasteiger charge is -2.20. The highest BCUT2D eigenvalue weighted by molar-refractivity contribution is 6.02. The van der Waals surface area contributed by atoms with Gasteiger partial charge in [0.2, 0.25) is 0 Å². The molecule has 1 unspecified atom stereocenters. The lowest BCUT2D eigenvalue weighted by Crippen LogP contribution is -2.14. The highest BCUT2D eigenvalue weighted by Crippen LogP contribution is 2.32. The first kappa shape index (κ1) is 26.2. The molecule has 0 aromatic heterocycles. The number of carboxylic acids is 2. The maximum Gasteiger partial charge on any atom is 0.336 e. The Kier molecular flexibility index (Phi) is 13.9. The molecule has 0 aliphatic heterocycles. The van der Waals surface area contributed by atoms with E-state index in [0.29, 0.717) is 5.56 Å². The van der Waals surface area contributed by atoms with Crippen LogP contribution in [0.3, 0.4) is 0 Å². The topological polar surface area (TPSA) is 74.6 Å². The van der Waals surface area contributed by atoms with E-state index in [1.54, 1.807) is 6.07 Å². The summed E-state index contributed by atoms with van der Waals surface area (Å²) in [7, 11) is 0. The van der Waals surface area contributed by atoms with Crippen LogP contribution in [0, 0.1) is 0 Å². The molecule has 1 rings (SSSR count). The summed E-state index contributed by atoms with van der Waals surface area (Å²) in [6.45, 7) is 4.43. The summed E-state index contributed by atoms with van der Waals surface area (Å²) in [5.74, 6) is -2.17. The SMILES string of the molecule is CCCCCCCCCC(CCCCCCCC)c1cccc(C(=O)O)c1C(=O)O. The van der Waals surface area contributed by atoms with Crippen LogP contribution in [0.5, 0.6) is 0 Å². The summed E-state index contributed by atoms with van der Waals surface area (Å²) in [5, 5.41) is 19.2. The molecule has 0 radical (unpaired) electrons. The van der Waals surface area contributed by atoms with Crippen LogP contribution in [0.25, 0.3) is 0 Å². The smallest absolute Gasteiger partial charge is 0.336 e. The Morgan fingerprint density at radius 2 is 1.17 bits per heavy atom. The van der Waals surface area contributed by atoms with E-state index in [9.17, 15) is 19.8 Å². The molecule has 0 aliphatic carbocycles. The lowest BCUT2D eigenvalue weighted by atomic mass is 9.84. The Hall–Kier alpha value is -1.84. The second kappa shape index (κ2) is 15.9. The zero-order valence-corrected chi connectivity index (χ0v) is 19.1. The van der Waals surface area contributed by atoms with Crippen molar-refractivity contribution < 1.29 is 19.8 Å². The minimum Gasteiger partial charge on any atom is -0.478 e. The van der Waals surface area contributed by atoms with Gasteiger partial charge in [-0.05, 0) is 30.4 Å². The molecule has 0 heterocycles. The highest BCUT2D eigenvalue weighted by atomic mass is 16.4. The Bertz CT molecular complexity index is 623. The van der Waals surface area contributed by atoms with Gasteiger partial charge in [-0.3, -0.25) is 0 Å². The molecule has 0 bridgehead atoms. The van der Waals surface area contributed by atoms with E-state index >= 15 is 0 Å². The first-order chi connectivity index (χ1) is 14.5. The highest BCUT2D eigenvalue weighted by Gasteiger charge is 2.24. The van der Waals surface area contributed by atoms with E-state index < -0.39 is 11.9 Å². The Labute approximate surface area is 183 Å². The van der Waals surface area contributed by atoms with Gasteiger partial charge in [-0.25, -0.2) is 9.59 Å². The molecule has 30 heavy (non-hydrogen) atoms. The monoisotopic (exact) mass is 418 g/mol. The van der Waals surface area contributed by atoms with Crippen LogP contribution in [-0.4, -0.2) is 22.2 Å². The van der Waals surface area contributed by atoms with Crippen molar-refractivity contribution in [3.8, 4) is 0 Å². The fourth-order valence-electron chi connectivity index (χ4n) is 4.30. The average Bonchev–Trinajstić information content (AvgIpc) is 2.73. The molecule has 2 N–H and O–H groups in total. The summed E-state index contributed by atoms with van der Waals surface area (Å²) < 4.78 is 0. The van der Waals surface area contributed by atoms with Crippen LogP contribution in [-0.2, 0) is 0 Å². The number of rotatable bonds is 18. The molecule has 0 saturated heterocycles. The van der Waals surface area contributed by atoms with Gasteiger partial charge >= 0.3 is 11.9 Å². The summed E-state index contributed by atoms with van der Waals surface area (Å²) in [5.41, 5.74) is 0.610. The van der Waals surface area contributed by atoms with Gasteiger partial charge in [0.1, 0.15) is 0 Å². The first-order valence-electron chi connectivity index (χ1n) is 12.1. The Balaban J connectivity index is 2.80. The van der Waals surface area contributed by atoms with Gasteiger partial charge in [0, 0.05) is 0 Å². The van der Waals surface area contributed by atoms with E-state index in [1.807, 2.05) is 6.07 Å². The Morgan fingerprint density at radius 1 is 0.700 bits per heavy atom. The van der Waals surface area contributed by atoms with Crippen LogP contribution < -0.4 is 0 Å². The number of aromatic carboxylic acids is 2. The number of carboxylic acid groups (broad SMARTS) is 2. The molecule has 4 heteroatoms. The minimum absolute atomic E-state index is 0.0103. The van der Waals surface area contributed by atoms with E-state index in [2.05, 4.69) is 13.8 Å². The molecule has 0 fully saturated rings. The van der Waals surface area contributed by atoms with Gasteiger partial charge in [-0.1, -0.05) is 109 Å². The van der Waals surface area contributed by atoms with Gasteiger partial charge in [0.05, 0.1) is 11.1 Å². The zero-order valence-electron chi connectivity index (χ0n) is 19.1. The second-order valence-corrected chi connectivity index (χ2v) is 8.54. The van der Waals surface area contributed by atoms with Crippen molar-refractivity contribution >= 4 is 11.9 Å². The largest absolute Gasteiger partial charge is 0.478 e. The van der Waals surface area contributed by atoms with Crippen LogP contribution in [0.4, 0.5) is 0 Å². The minimum atomic E-state index is -1.16. The molecule has 1 atom stereocenters. The summed E-state index contributed by atoms with van der Waals surface area (Å²) in [6, 6.07) is 4.94. The second-order valence-electron chi connectivity index (χ2n) is 8.54. The quantitative estimate of drug-likeness (QED) is 0.236. The number of carbonyl (C=O) groups is 2. The van der Waals surface area contributed by atoms with Crippen molar-refractivity contribution in [1.29, 1.82) is 0 Å². The van der Waals surface area contributed by atoms with E-state index in [1.165, 1.54) is 63.9 Å². The van der Waals surface area contributed by atoms with Crippen molar-refractivity contribution in [1.82, 2.24) is 0 Å². The number of hydrogen-bond donors (Lipinski definition) is 2. The van der Waals surface area contributed by atoms with Gasteiger partial charge in [-0.15, -0.1) is 0 Å². The first-order valence-corrected chi connectivity index (χ1v) is 12.1. The van der Waals surface area contributed by atoms with Crippen molar-refractivity contribution in [2.45, 2.75) is 116 Å². The van der Waals surface area contributed by atoms with Crippen molar-refractivity contribution in [2.24, 2.45) is 0 Å². The maximum absolute atomic E-state index is 11.9. The molecule has 0 amide bonds. The van der Waals surface area contributed by atoms with E-state index in [-0.39, 0.29) is 17.0 Å². The molecule has 0 aliphatic rings. The molecule has 4 nitrogen and oxygen atoms in total. The number of unbranched alkanes of at least 4 members (excludes halogenated alkanes) is 11. The van der Waals surface area contributed by atoms with Crippen molar-refractivity contribution in [2.75, 3.05) is 0 Å². The average molecular weight is 419 g/mol. The van der Waals surface area contributed by atoms with Crippen LogP contribution in [0.1, 0.15) is 142 Å². The predicted octanol–water partition coefficient (Wildman–Crippen LogP) is 8.06. The molecule has 0 spiro atoms. The summed E-state index contributed by atoms with van der Waals surface area (Å²) in [4.78, 5) is 23.5. The third kappa shape index (κ3) is 9.77. The zero-order chi connectivity index (χ0) is 22.2. The predicted molar refractivity (Wildman–Crippen MR) is 124 cm³/mol. The molecule has 1 aromatic rings.